The van der Waals surface area contributed by atoms with Gasteiger partial charge in [0.2, 0.25) is 17.7 Å². The van der Waals surface area contributed by atoms with E-state index in [0.717, 1.165) is 10.9 Å². The van der Waals surface area contributed by atoms with E-state index in [9.17, 15) is 39.3 Å². The number of nitrogens with two attached hydrogens (primary N) is 1. The zero-order valence-electron chi connectivity index (χ0n) is 20.2. The number of nitrogens with one attached hydrogen (secondary N) is 4. The molecule has 6 atom stereocenters. The maximum Gasteiger partial charge on any atom is 0.326 e. The van der Waals surface area contributed by atoms with Crippen molar-refractivity contribution in [2.24, 2.45) is 5.73 Å². The Morgan fingerprint density at radius 2 is 1.51 bits per heavy atom. The number of rotatable bonds is 13. The highest BCUT2D eigenvalue weighted by atomic mass is 16.4. The fraction of sp³-hybridized carbons (Fsp3) is 0.435. The van der Waals surface area contributed by atoms with Crippen LogP contribution in [0.1, 0.15) is 25.8 Å². The van der Waals surface area contributed by atoms with Crippen molar-refractivity contribution in [1.29, 1.82) is 0 Å². The summed E-state index contributed by atoms with van der Waals surface area (Å²) in [5.74, 6) is -5.97. The van der Waals surface area contributed by atoms with Gasteiger partial charge in [-0.2, -0.15) is 0 Å². The van der Waals surface area contributed by atoms with Gasteiger partial charge in [0.15, 0.2) is 0 Å². The molecule has 202 valence electrons. The number of benzene rings is 1. The molecule has 14 heteroatoms. The fourth-order valence-corrected chi connectivity index (χ4v) is 3.51. The number of para-hydroxylation sites is 1. The lowest BCUT2D eigenvalue weighted by molar-refractivity contribution is -0.147. The second-order valence-corrected chi connectivity index (χ2v) is 8.62. The third-order valence-corrected chi connectivity index (χ3v) is 5.61. The quantitative estimate of drug-likeness (QED) is 0.138. The number of aliphatic carboxylic acids is 2. The average molecular weight is 522 g/mol. The largest absolute Gasteiger partial charge is 0.481 e. The number of carbonyl (C=O) groups is 5. The molecule has 0 saturated heterocycles. The number of aromatic nitrogens is 1. The minimum Gasteiger partial charge on any atom is -0.481 e. The summed E-state index contributed by atoms with van der Waals surface area (Å²) in [5, 5.41) is 45.3. The first kappa shape index (κ1) is 29.2. The first-order valence-corrected chi connectivity index (χ1v) is 11.3. The van der Waals surface area contributed by atoms with Crippen LogP contribution in [-0.4, -0.2) is 91.4 Å². The van der Waals surface area contributed by atoms with Gasteiger partial charge in [-0.05, 0) is 25.5 Å². The van der Waals surface area contributed by atoms with Gasteiger partial charge in [0.05, 0.1) is 18.6 Å². The number of carboxylic acid groups (broad SMARTS) is 2. The van der Waals surface area contributed by atoms with E-state index in [-0.39, 0.29) is 6.42 Å². The highest BCUT2D eigenvalue weighted by molar-refractivity contribution is 5.95. The van der Waals surface area contributed by atoms with Crippen LogP contribution in [0, 0.1) is 0 Å². The molecule has 37 heavy (non-hydrogen) atoms. The van der Waals surface area contributed by atoms with Crippen molar-refractivity contribution in [3.8, 4) is 0 Å². The topological polar surface area (TPSA) is 244 Å². The monoisotopic (exact) mass is 521 g/mol. The Morgan fingerprint density at radius 3 is 2.08 bits per heavy atom. The van der Waals surface area contributed by atoms with Crippen molar-refractivity contribution in [2.75, 3.05) is 0 Å². The van der Waals surface area contributed by atoms with Gasteiger partial charge in [-0.15, -0.1) is 0 Å². The first-order chi connectivity index (χ1) is 17.3. The number of hydrogen-bond acceptors (Lipinski definition) is 8. The molecule has 2 aromatic rings. The molecule has 0 radical (unpaired) electrons. The van der Waals surface area contributed by atoms with Crippen LogP contribution in [0.4, 0.5) is 0 Å². The molecule has 1 aromatic carbocycles. The zero-order chi connectivity index (χ0) is 27.9. The summed E-state index contributed by atoms with van der Waals surface area (Å²) in [7, 11) is 0. The van der Waals surface area contributed by atoms with Crippen LogP contribution in [-0.2, 0) is 30.4 Å². The smallest absolute Gasteiger partial charge is 0.326 e. The van der Waals surface area contributed by atoms with Crippen molar-refractivity contribution >= 4 is 40.6 Å². The second kappa shape index (κ2) is 12.8. The predicted molar refractivity (Wildman–Crippen MR) is 129 cm³/mol. The minimum atomic E-state index is -1.77. The molecule has 1 aromatic heterocycles. The number of aliphatic hydroxyl groups is 2. The van der Waals surface area contributed by atoms with Crippen LogP contribution in [0.2, 0.25) is 0 Å². The van der Waals surface area contributed by atoms with Crippen LogP contribution >= 0.6 is 0 Å². The number of aliphatic hydroxyl groups excluding tert-OH is 2. The molecule has 1 heterocycles. The van der Waals surface area contributed by atoms with Crippen molar-refractivity contribution in [3.63, 3.8) is 0 Å². The second-order valence-electron chi connectivity index (χ2n) is 8.62. The third kappa shape index (κ3) is 7.99. The Kier molecular flexibility index (Phi) is 10.1. The number of carboxylic acids is 2. The van der Waals surface area contributed by atoms with E-state index in [0.29, 0.717) is 5.56 Å². The van der Waals surface area contributed by atoms with Gasteiger partial charge in [-0.25, -0.2) is 4.79 Å². The lowest BCUT2D eigenvalue weighted by Gasteiger charge is -2.26. The van der Waals surface area contributed by atoms with E-state index < -0.39 is 72.5 Å². The number of H-pyrrole nitrogens is 1. The van der Waals surface area contributed by atoms with Crippen molar-refractivity contribution in [1.82, 2.24) is 20.9 Å². The molecule has 2 rings (SSSR count). The number of hydrogen-bond donors (Lipinski definition) is 9. The first-order valence-electron chi connectivity index (χ1n) is 11.3. The van der Waals surface area contributed by atoms with E-state index in [1.54, 1.807) is 30.5 Å². The van der Waals surface area contributed by atoms with Crippen LogP contribution in [0.25, 0.3) is 10.9 Å². The van der Waals surface area contributed by atoms with Gasteiger partial charge in [0.1, 0.15) is 24.2 Å². The number of carbonyl (C=O) groups excluding carboxylic acids is 3. The van der Waals surface area contributed by atoms with E-state index in [2.05, 4.69) is 20.9 Å². The summed E-state index contributed by atoms with van der Waals surface area (Å²) < 4.78 is 0. The van der Waals surface area contributed by atoms with Crippen molar-refractivity contribution < 1.29 is 44.4 Å². The predicted octanol–water partition coefficient (Wildman–Crippen LogP) is -2.19. The van der Waals surface area contributed by atoms with Gasteiger partial charge in [0.25, 0.3) is 0 Å². The van der Waals surface area contributed by atoms with Gasteiger partial charge in [0, 0.05) is 23.5 Å². The van der Waals surface area contributed by atoms with E-state index >= 15 is 0 Å². The van der Waals surface area contributed by atoms with Gasteiger partial charge >= 0.3 is 11.9 Å². The lowest BCUT2D eigenvalue weighted by Crippen LogP contribution is -2.61. The molecule has 0 saturated carbocycles. The van der Waals surface area contributed by atoms with Crippen molar-refractivity contribution in [3.05, 3.63) is 36.0 Å². The molecule has 6 unspecified atom stereocenters. The van der Waals surface area contributed by atoms with Crippen LogP contribution in [0.3, 0.4) is 0 Å². The molecule has 0 aliphatic carbocycles. The van der Waals surface area contributed by atoms with E-state index in [1.807, 2.05) is 0 Å². The summed E-state index contributed by atoms with van der Waals surface area (Å²) in [6.45, 7) is 2.47. The van der Waals surface area contributed by atoms with Gasteiger partial charge < -0.3 is 47.1 Å². The standard InChI is InChI=1S/C23H31N5O9/c1-10(29)18(24)21(34)28-19(11(2)30)22(35)26-15(20(33)27-16(23(36)37)8-17(31)32)7-12-9-25-14-6-4-3-5-13(12)14/h3-6,9-11,15-16,18-19,25,29-30H,7-8,24H2,1-2H3,(H,26,35)(H,27,33)(H,28,34)(H,31,32)(H,36,37). The highest BCUT2D eigenvalue weighted by Crippen LogP contribution is 2.19. The maximum atomic E-state index is 13.1. The van der Waals surface area contributed by atoms with Crippen LogP contribution in [0.15, 0.2) is 30.5 Å². The average Bonchev–Trinajstić information content (AvgIpc) is 3.22. The molecular formula is C23H31N5O9. The summed E-state index contributed by atoms with van der Waals surface area (Å²) >= 11 is 0. The number of amides is 3. The molecule has 0 aliphatic rings. The van der Waals surface area contributed by atoms with E-state index in [1.165, 1.54) is 13.8 Å². The summed E-state index contributed by atoms with van der Waals surface area (Å²) in [6.07, 6.45) is -2.15. The van der Waals surface area contributed by atoms with Crippen LogP contribution < -0.4 is 21.7 Å². The van der Waals surface area contributed by atoms with E-state index in [4.69, 9.17) is 10.8 Å². The maximum absolute atomic E-state index is 13.1. The number of fused-ring (bicyclic) bond motifs is 1. The SMILES string of the molecule is CC(O)C(N)C(=O)NC(C(=O)NC(Cc1c[nH]c2ccccc12)C(=O)NC(CC(=O)O)C(=O)O)C(C)O. The fourth-order valence-electron chi connectivity index (χ4n) is 3.51. The van der Waals surface area contributed by atoms with Gasteiger partial charge in [-0.3, -0.25) is 19.2 Å². The molecule has 0 spiro atoms. The Hall–Kier alpha value is -4.01. The minimum absolute atomic E-state index is 0.144. The molecule has 3 amide bonds. The summed E-state index contributed by atoms with van der Waals surface area (Å²) in [6, 6.07) is 0.908. The van der Waals surface area contributed by atoms with Gasteiger partial charge in [-0.1, -0.05) is 18.2 Å². The van der Waals surface area contributed by atoms with Crippen molar-refractivity contribution in [2.45, 2.75) is 63.1 Å². The summed E-state index contributed by atoms with van der Waals surface area (Å²) in [4.78, 5) is 63.8. The normalized spacial score (nSPS) is 16.0. The third-order valence-electron chi connectivity index (χ3n) is 5.61. The number of aromatic amines is 1. The molecule has 0 fully saturated rings. The Labute approximate surface area is 211 Å². The molecule has 10 N–H and O–H groups in total. The zero-order valence-corrected chi connectivity index (χ0v) is 20.2. The Bertz CT molecular complexity index is 1150. The highest BCUT2D eigenvalue weighted by Gasteiger charge is 2.34. The molecular weight excluding hydrogens is 490 g/mol. The molecule has 0 aliphatic heterocycles. The molecule has 14 nitrogen and oxygen atoms in total. The Balaban J connectivity index is 2.33. The summed E-state index contributed by atoms with van der Waals surface area (Å²) in [5.41, 5.74) is 6.89. The van der Waals surface area contributed by atoms with Crippen LogP contribution in [0.5, 0.6) is 0 Å². The Morgan fingerprint density at radius 1 is 0.892 bits per heavy atom. The lowest BCUT2D eigenvalue weighted by atomic mass is 10.0. The molecule has 0 bridgehead atoms.